The van der Waals surface area contributed by atoms with Crippen molar-refractivity contribution in [1.29, 1.82) is 0 Å². The van der Waals surface area contributed by atoms with Gasteiger partial charge in [0.2, 0.25) is 0 Å². The van der Waals surface area contributed by atoms with Crippen LogP contribution in [0.15, 0.2) is 0 Å². The molecule has 1 aliphatic heterocycles. The first-order chi connectivity index (χ1) is 8.42. The minimum absolute atomic E-state index is 0.126. The highest BCUT2D eigenvalue weighted by Gasteiger charge is 2.40. The lowest BCUT2D eigenvalue weighted by molar-refractivity contribution is 0.0138. The molecule has 0 aliphatic carbocycles. The van der Waals surface area contributed by atoms with Crippen molar-refractivity contribution >= 4 is 16.6 Å². The van der Waals surface area contributed by atoms with Crippen LogP contribution in [0.1, 0.15) is 27.2 Å². The maximum Gasteiger partial charge on any atom is 0.192 e. The lowest BCUT2D eigenvalue weighted by atomic mass is 10.2. The van der Waals surface area contributed by atoms with Gasteiger partial charge < -0.3 is 13.6 Å². The molecule has 0 spiro atoms. The molecule has 5 heteroatoms. The summed E-state index contributed by atoms with van der Waals surface area (Å²) in [6.07, 6.45) is 1.37. The predicted molar refractivity (Wildman–Crippen MR) is 85.7 cm³/mol. The fraction of sp³-hybridized carbons (Fsp3) is 1.00. The molecule has 0 radical (unpaired) electrons. The molecule has 0 saturated carbocycles. The van der Waals surface area contributed by atoms with Gasteiger partial charge in [-0.1, -0.05) is 20.8 Å². The van der Waals surface area contributed by atoms with E-state index >= 15 is 0 Å². The average Bonchev–Trinajstić information content (AvgIpc) is 2.58. The summed E-state index contributed by atoms with van der Waals surface area (Å²) in [6.45, 7) is 19.6. The van der Waals surface area contributed by atoms with Gasteiger partial charge in [-0.3, -0.25) is 0 Å². The molecule has 1 fully saturated rings. The SMILES string of the molecule is CC(C)(C)[Si](C)(C)OC[C@H]1OCC[C@@H]1O[Si](C)(C)C. The van der Waals surface area contributed by atoms with E-state index in [0.29, 0.717) is 6.61 Å². The fourth-order valence-corrected chi connectivity index (χ4v) is 4.07. The van der Waals surface area contributed by atoms with Gasteiger partial charge in [-0.2, -0.15) is 0 Å². The summed E-state index contributed by atoms with van der Waals surface area (Å²) in [5.74, 6) is 0. The smallest absolute Gasteiger partial charge is 0.192 e. The van der Waals surface area contributed by atoms with Gasteiger partial charge >= 0.3 is 0 Å². The second-order valence-corrected chi connectivity index (χ2v) is 17.3. The van der Waals surface area contributed by atoms with Crippen molar-refractivity contribution in [2.45, 2.75) is 77.2 Å². The molecule has 1 saturated heterocycles. The molecule has 19 heavy (non-hydrogen) atoms. The van der Waals surface area contributed by atoms with Gasteiger partial charge in [-0.25, -0.2) is 0 Å². The van der Waals surface area contributed by atoms with E-state index in [0.717, 1.165) is 13.0 Å². The molecule has 0 N–H and O–H groups in total. The van der Waals surface area contributed by atoms with Crippen molar-refractivity contribution in [3.63, 3.8) is 0 Å². The molecular weight excluding hydrogens is 272 g/mol. The van der Waals surface area contributed by atoms with E-state index in [2.05, 4.69) is 53.5 Å². The van der Waals surface area contributed by atoms with Crippen LogP contribution >= 0.6 is 0 Å². The Kier molecular flexibility index (Phi) is 5.46. The number of hydrogen-bond acceptors (Lipinski definition) is 3. The molecule has 114 valence electrons. The quantitative estimate of drug-likeness (QED) is 0.718. The lowest BCUT2D eigenvalue weighted by Gasteiger charge is -2.37. The number of hydrogen-bond donors (Lipinski definition) is 0. The normalized spacial score (nSPS) is 25.9. The standard InChI is InChI=1S/C14H32O3Si2/c1-14(2,3)19(7,8)16-11-13-12(9-10-15-13)17-18(4,5)6/h12-13H,9-11H2,1-8H3/t12-,13+/m0/s1. The predicted octanol–water partition coefficient (Wildman–Crippen LogP) is 4.02. The number of ether oxygens (including phenoxy) is 1. The molecule has 1 heterocycles. The monoisotopic (exact) mass is 304 g/mol. The van der Waals surface area contributed by atoms with Crippen LogP contribution in [0.25, 0.3) is 0 Å². The summed E-state index contributed by atoms with van der Waals surface area (Å²) in [5, 5.41) is 0.251. The van der Waals surface area contributed by atoms with Crippen LogP contribution < -0.4 is 0 Å². The zero-order chi connectivity index (χ0) is 14.9. The maximum absolute atomic E-state index is 6.27. The summed E-state index contributed by atoms with van der Waals surface area (Å²) in [6, 6.07) is 0. The van der Waals surface area contributed by atoms with Crippen molar-refractivity contribution in [2.24, 2.45) is 0 Å². The Morgan fingerprint density at radius 3 is 2.16 bits per heavy atom. The minimum atomic E-state index is -1.68. The molecule has 1 aliphatic rings. The molecule has 0 unspecified atom stereocenters. The fourth-order valence-electron chi connectivity index (χ4n) is 1.88. The van der Waals surface area contributed by atoms with E-state index in [1.807, 2.05) is 0 Å². The molecule has 3 nitrogen and oxygen atoms in total. The van der Waals surface area contributed by atoms with Gasteiger partial charge in [0, 0.05) is 6.61 Å². The molecule has 0 aromatic carbocycles. The third-order valence-corrected chi connectivity index (χ3v) is 9.58. The van der Waals surface area contributed by atoms with E-state index in [9.17, 15) is 0 Å². The summed E-state index contributed by atoms with van der Waals surface area (Å²) >= 11 is 0. The van der Waals surface area contributed by atoms with Crippen molar-refractivity contribution in [3.05, 3.63) is 0 Å². The summed E-state index contributed by atoms with van der Waals surface area (Å²) in [4.78, 5) is 0. The Morgan fingerprint density at radius 1 is 1.11 bits per heavy atom. The second kappa shape index (κ2) is 5.97. The Balaban J connectivity index is 2.53. The van der Waals surface area contributed by atoms with E-state index in [-0.39, 0.29) is 17.2 Å². The van der Waals surface area contributed by atoms with E-state index < -0.39 is 16.6 Å². The lowest BCUT2D eigenvalue weighted by Crippen LogP contribution is -2.45. The van der Waals surface area contributed by atoms with Crippen LogP contribution in [0.5, 0.6) is 0 Å². The van der Waals surface area contributed by atoms with E-state index in [1.54, 1.807) is 0 Å². The first kappa shape index (κ1) is 17.4. The number of rotatable bonds is 5. The van der Waals surface area contributed by atoms with Gasteiger partial charge in [-0.05, 0) is 44.2 Å². The molecular formula is C14H32O3Si2. The molecule has 2 atom stereocenters. The summed E-state index contributed by atoms with van der Waals surface area (Å²) < 4.78 is 18.3. The van der Waals surface area contributed by atoms with Crippen molar-refractivity contribution in [1.82, 2.24) is 0 Å². The zero-order valence-corrected chi connectivity index (χ0v) is 16.0. The molecule has 0 bridgehead atoms. The maximum atomic E-state index is 6.27. The van der Waals surface area contributed by atoms with Crippen LogP contribution in [0.2, 0.25) is 37.8 Å². The third kappa shape index (κ3) is 5.30. The first-order valence-electron chi connectivity index (χ1n) is 7.36. The Morgan fingerprint density at radius 2 is 1.68 bits per heavy atom. The van der Waals surface area contributed by atoms with E-state index in [4.69, 9.17) is 13.6 Å². The minimum Gasteiger partial charge on any atom is -0.414 e. The highest BCUT2D eigenvalue weighted by Crippen LogP contribution is 2.37. The molecule has 1 rings (SSSR count). The third-order valence-electron chi connectivity index (χ3n) is 4.07. The largest absolute Gasteiger partial charge is 0.414 e. The van der Waals surface area contributed by atoms with Crippen LogP contribution in [0, 0.1) is 0 Å². The summed E-state index contributed by atoms with van der Waals surface area (Å²) in [7, 11) is -3.18. The van der Waals surface area contributed by atoms with Crippen molar-refractivity contribution in [2.75, 3.05) is 13.2 Å². The highest BCUT2D eigenvalue weighted by molar-refractivity contribution is 6.74. The average molecular weight is 305 g/mol. The van der Waals surface area contributed by atoms with Crippen LogP contribution in [0.3, 0.4) is 0 Å². The van der Waals surface area contributed by atoms with E-state index in [1.165, 1.54) is 0 Å². The van der Waals surface area contributed by atoms with Gasteiger partial charge in [0.1, 0.15) is 6.10 Å². The molecule has 0 amide bonds. The van der Waals surface area contributed by atoms with Crippen LogP contribution in [0.4, 0.5) is 0 Å². The first-order valence-corrected chi connectivity index (χ1v) is 13.7. The molecule has 0 aromatic rings. The van der Waals surface area contributed by atoms with Gasteiger partial charge in [0.25, 0.3) is 0 Å². The Hall–Kier alpha value is 0.314. The van der Waals surface area contributed by atoms with Gasteiger partial charge in [-0.15, -0.1) is 0 Å². The topological polar surface area (TPSA) is 27.7 Å². The summed E-state index contributed by atoms with van der Waals surface area (Å²) in [5.41, 5.74) is 0. The highest BCUT2D eigenvalue weighted by atomic mass is 28.4. The van der Waals surface area contributed by atoms with Crippen LogP contribution in [-0.4, -0.2) is 42.1 Å². The van der Waals surface area contributed by atoms with Gasteiger partial charge in [0.15, 0.2) is 16.6 Å². The van der Waals surface area contributed by atoms with Crippen molar-refractivity contribution in [3.8, 4) is 0 Å². The van der Waals surface area contributed by atoms with Gasteiger partial charge in [0.05, 0.1) is 12.7 Å². The Labute approximate surface area is 121 Å². The van der Waals surface area contributed by atoms with Crippen LogP contribution in [-0.2, 0) is 13.6 Å². The van der Waals surface area contributed by atoms with Crippen molar-refractivity contribution < 1.29 is 13.6 Å². The molecule has 0 aromatic heterocycles. The Bertz CT molecular complexity index is 292. The zero-order valence-electron chi connectivity index (χ0n) is 14.0. The second-order valence-electron chi connectivity index (χ2n) is 8.04.